The predicted octanol–water partition coefficient (Wildman–Crippen LogP) is 1.12. The number of hydrogen-bond donors (Lipinski definition) is 0. The van der Waals surface area contributed by atoms with Gasteiger partial charge in [-0.25, -0.2) is 0 Å². The van der Waals surface area contributed by atoms with Crippen LogP contribution in [-0.4, -0.2) is 29.6 Å². The van der Waals surface area contributed by atoms with Crippen LogP contribution in [0.15, 0.2) is 0 Å². The van der Waals surface area contributed by atoms with E-state index in [9.17, 15) is 0 Å². The summed E-state index contributed by atoms with van der Waals surface area (Å²) in [5.41, 5.74) is 3.03. The molecule has 0 aliphatic rings. The van der Waals surface area contributed by atoms with Gasteiger partial charge in [-0.3, -0.25) is 0 Å². The molecule has 0 aromatic rings. The van der Waals surface area contributed by atoms with Crippen molar-refractivity contribution in [1.82, 2.24) is 0 Å². The Morgan fingerprint density at radius 1 is 1.08 bits per heavy atom. The highest BCUT2D eigenvalue weighted by atomic mass is 28.3. The average Bonchev–Trinajstić information content (AvgIpc) is 1.96. The normalized spacial score (nSPS) is 10.1. The molecule has 0 amide bonds. The molecule has 0 aromatic heterocycles. The molecule has 0 fully saturated rings. The minimum Gasteiger partial charge on any atom is -0.462 e. The van der Waals surface area contributed by atoms with Gasteiger partial charge in [0.2, 0.25) is 0 Å². The molecule has 68 valence electrons. The van der Waals surface area contributed by atoms with Gasteiger partial charge in [-0.05, 0) is 0 Å². The SMILES string of the molecule is COB(OC)OC#C[Si](C)(C)C. The third-order valence-corrected chi connectivity index (χ3v) is 1.82. The monoisotopic (exact) mass is 186 g/mol. The molecule has 0 rings (SSSR count). The van der Waals surface area contributed by atoms with Crippen LogP contribution in [0, 0.1) is 11.7 Å². The van der Waals surface area contributed by atoms with Gasteiger partial charge in [0.25, 0.3) is 0 Å². The molecule has 0 N–H and O–H groups in total. The Kier molecular flexibility index (Phi) is 5.06. The van der Waals surface area contributed by atoms with Gasteiger partial charge in [-0.2, -0.15) is 0 Å². The van der Waals surface area contributed by atoms with E-state index in [0.717, 1.165) is 0 Å². The lowest BCUT2D eigenvalue weighted by atomic mass is 10.2. The number of hydrogen-bond acceptors (Lipinski definition) is 3. The Balaban J connectivity index is 3.84. The van der Waals surface area contributed by atoms with E-state index in [1.807, 2.05) is 0 Å². The van der Waals surface area contributed by atoms with Crippen molar-refractivity contribution in [2.45, 2.75) is 19.6 Å². The van der Waals surface area contributed by atoms with Crippen molar-refractivity contribution in [2.75, 3.05) is 14.2 Å². The Morgan fingerprint density at radius 3 is 1.92 bits per heavy atom. The Labute approximate surface area is 75.6 Å². The first-order valence-electron chi connectivity index (χ1n) is 3.73. The summed E-state index contributed by atoms with van der Waals surface area (Å²) in [5, 5.41) is 0. The fourth-order valence-electron chi connectivity index (χ4n) is 0.423. The van der Waals surface area contributed by atoms with Crippen molar-refractivity contribution in [3.63, 3.8) is 0 Å². The van der Waals surface area contributed by atoms with E-state index in [1.54, 1.807) is 0 Å². The summed E-state index contributed by atoms with van der Waals surface area (Å²) in [6.45, 7) is 6.41. The molecule has 0 saturated heterocycles. The van der Waals surface area contributed by atoms with Crippen molar-refractivity contribution in [2.24, 2.45) is 0 Å². The smallest absolute Gasteiger partial charge is 0.462 e. The van der Waals surface area contributed by atoms with Gasteiger partial charge in [0.1, 0.15) is 8.07 Å². The highest BCUT2D eigenvalue weighted by Crippen LogP contribution is 1.96. The lowest BCUT2D eigenvalue weighted by Gasteiger charge is -2.05. The predicted molar refractivity (Wildman–Crippen MR) is 52.0 cm³/mol. The summed E-state index contributed by atoms with van der Waals surface area (Å²) in [6.07, 6.45) is 2.59. The fraction of sp³-hybridized carbons (Fsp3) is 0.714. The van der Waals surface area contributed by atoms with Gasteiger partial charge >= 0.3 is 7.32 Å². The zero-order valence-electron chi connectivity index (χ0n) is 8.30. The zero-order chi connectivity index (χ0) is 9.61. The second kappa shape index (κ2) is 5.25. The Bertz CT molecular complexity index is 175. The molecule has 0 atom stereocenters. The van der Waals surface area contributed by atoms with E-state index >= 15 is 0 Å². The first kappa shape index (κ1) is 11.6. The van der Waals surface area contributed by atoms with Gasteiger partial charge in [0.15, 0.2) is 0 Å². The quantitative estimate of drug-likeness (QED) is 0.488. The third-order valence-electron chi connectivity index (χ3n) is 0.966. The van der Waals surface area contributed by atoms with E-state index in [2.05, 4.69) is 31.3 Å². The second-order valence-corrected chi connectivity index (χ2v) is 8.10. The summed E-state index contributed by atoms with van der Waals surface area (Å²) in [5.74, 6) is 0. The molecular formula is C7H15BO3Si. The highest BCUT2D eigenvalue weighted by molar-refractivity contribution is 6.83. The maximum Gasteiger partial charge on any atom is 0.721 e. The van der Waals surface area contributed by atoms with Crippen LogP contribution in [0.3, 0.4) is 0 Å². The lowest BCUT2D eigenvalue weighted by Crippen LogP contribution is -2.22. The van der Waals surface area contributed by atoms with E-state index in [0.29, 0.717) is 0 Å². The van der Waals surface area contributed by atoms with Crippen molar-refractivity contribution in [3.8, 4) is 11.7 Å². The van der Waals surface area contributed by atoms with Crippen molar-refractivity contribution < 1.29 is 14.0 Å². The van der Waals surface area contributed by atoms with Gasteiger partial charge in [0.05, 0.1) is 6.11 Å². The molecule has 0 bridgehead atoms. The van der Waals surface area contributed by atoms with Gasteiger partial charge in [-0.15, -0.1) is 0 Å². The molecule has 0 aliphatic carbocycles. The van der Waals surface area contributed by atoms with Crippen LogP contribution in [0.4, 0.5) is 0 Å². The van der Waals surface area contributed by atoms with E-state index < -0.39 is 15.4 Å². The largest absolute Gasteiger partial charge is 0.721 e. The molecular weight excluding hydrogens is 171 g/mol. The highest BCUT2D eigenvalue weighted by Gasteiger charge is 2.18. The topological polar surface area (TPSA) is 27.7 Å². The second-order valence-electron chi connectivity index (χ2n) is 3.35. The molecule has 0 radical (unpaired) electrons. The molecule has 12 heavy (non-hydrogen) atoms. The fourth-order valence-corrected chi connectivity index (χ4v) is 0.788. The van der Waals surface area contributed by atoms with E-state index in [-0.39, 0.29) is 0 Å². The van der Waals surface area contributed by atoms with Crippen LogP contribution >= 0.6 is 0 Å². The Hall–Kier alpha value is -0.438. The summed E-state index contributed by atoms with van der Waals surface area (Å²) >= 11 is 0. The average molecular weight is 186 g/mol. The standard InChI is InChI=1S/C7H15BO3Si/c1-9-8(10-2)11-6-7-12(3,4)5/h1-5H3. The van der Waals surface area contributed by atoms with Crippen LogP contribution in [-0.2, 0) is 14.0 Å². The van der Waals surface area contributed by atoms with Crippen molar-refractivity contribution >= 4 is 15.4 Å². The van der Waals surface area contributed by atoms with Gasteiger partial charge < -0.3 is 14.0 Å². The summed E-state index contributed by atoms with van der Waals surface area (Å²) in [7, 11) is 0.990. The Morgan fingerprint density at radius 2 is 1.58 bits per heavy atom. The van der Waals surface area contributed by atoms with Gasteiger partial charge in [0, 0.05) is 14.2 Å². The lowest BCUT2D eigenvalue weighted by molar-refractivity contribution is 0.190. The van der Waals surface area contributed by atoms with Crippen molar-refractivity contribution in [1.29, 1.82) is 0 Å². The van der Waals surface area contributed by atoms with Crippen LogP contribution in [0.25, 0.3) is 0 Å². The molecule has 0 unspecified atom stereocenters. The maximum atomic E-state index is 4.95. The molecule has 0 aromatic carbocycles. The first-order valence-corrected chi connectivity index (χ1v) is 7.23. The molecule has 0 heterocycles. The summed E-state index contributed by atoms with van der Waals surface area (Å²) in [6, 6.07) is 0. The van der Waals surface area contributed by atoms with Crippen LogP contribution in [0.5, 0.6) is 0 Å². The van der Waals surface area contributed by atoms with E-state index in [4.69, 9.17) is 14.0 Å². The summed E-state index contributed by atoms with van der Waals surface area (Å²) in [4.78, 5) is 0. The van der Waals surface area contributed by atoms with Crippen LogP contribution in [0.1, 0.15) is 0 Å². The molecule has 5 heteroatoms. The zero-order valence-corrected chi connectivity index (χ0v) is 9.30. The number of rotatable bonds is 3. The molecule has 3 nitrogen and oxygen atoms in total. The van der Waals surface area contributed by atoms with Crippen LogP contribution in [0.2, 0.25) is 19.6 Å². The molecule has 0 spiro atoms. The first-order chi connectivity index (χ1) is 5.49. The molecule has 0 aliphatic heterocycles. The van der Waals surface area contributed by atoms with Crippen molar-refractivity contribution in [3.05, 3.63) is 0 Å². The van der Waals surface area contributed by atoms with Crippen LogP contribution < -0.4 is 0 Å². The summed E-state index contributed by atoms with van der Waals surface area (Å²) < 4.78 is 14.5. The maximum absolute atomic E-state index is 4.95. The van der Waals surface area contributed by atoms with Gasteiger partial charge in [-0.1, -0.05) is 25.2 Å². The molecule has 0 saturated carbocycles. The third kappa shape index (κ3) is 6.28. The minimum absolute atomic E-state index is 0.672. The minimum atomic E-state index is -1.35. The van der Waals surface area contributed by atoms with E-state index in [1.165, 1.54) is 14.2 Å².